The summed E-state index contributed by atoms with van der Waals surface area (Å²) in [6.07, 6.45) is 3.54. The molecule has 3 aromatic rings. The molecule has 0 aliphatic carbocycles. The minimum Gasteiger partial charge on any atom is -0.435 e. The molecule has 3 rings (SSSR count). The highest BCUT2D eigenvalue weighted by Gasteiger charge is 2.11. The second-order valence-corrected chi connectivity index (χ2v) is 3.82. The molecular formula is C12H11N3O3. The minimum atomic E-state index is 0.486. The number of fused-ring (bicyclic) bond motifs is 1. The van der Waals surface area contributed by atoms with E-state index in [0.29, 0.717) is 28.4 Å². The zero-order valence-corrected chi connectivity index (χ0v) is 9.95. The van der Waals surface area contributed by atoms with Gasteiger partial charge in [-0.3, -0.25) is 0 Å². The minimum absolute atomic E-state index is 0.486. The maximum Gasteiger partial charge on any atom is 0.247 e. The summed E-state index contributed by atoms with van der Waals surface area (Å²) in [5, 5.41) is 0. The number of nitrogens with zero attached hydrogens (tertiary/aromatic N) is 3. The van der Waals surface area contributed by atoms with Gasteiger partial charge < -0.3 is 13.9 Å². The third kappa shape index (κ3) is 1.82. The van der Waals surface area contributed by atoms with E-state index < -0.39 is 0 Å². The topological polar surface area (TPSA) is 62.3 Å². The quantitative estimate of drug-likeness (QED) is 0.522. The molecule has 0 unspecified atom stereocenters. The van der Waals surface area contributed by atoms with E-state index in [-0.39, 0.29) is 0 Å². The van der Waals surface area contributed by atoms with Crippen LogP contribution >= 0.6 is 0 Å². The van der Waals surface area contributed by atoms with Crippen molar-refractivity contribution in [3.63, 3.8) is 0 Å². The van der Waals surface area contributed by atoms with Gasteiger partial charge in [-0.25, -0.2) is 9.97 Å². The van der Waals surface area contributed by atoms with E-state index in [1.165, 1.54) is 7.11 Å². The van der Waals surface area contributed by atoms with Gasteiger partial charge in [-0.2, -0.15) is 4.89 Å². The zero-order valence-electron chi connectivity index (χ0n) is 9.95. The van der Waals surface area contributed by atoms with Gasteiger partial charge in [0, 0.05) is 19.3 Å². The van der Waals surface area contributed by atoms with Crippen molar-refractivity contribution in [1.29, 1.82) is 0 Å². The van der Waals surface area contributed by atoms with Gasteiger partial charge in [0.1, 0.15) is 11.2 Å². The average Bonchev–Trinajstić information content (AvgIpc) is 2.94. The summed E-state index contributed by atoms with van der Waals surface area (Å²) in [5.41, 5.74) is 2.08. The summed E-state index contributed by atoms with van der Waals surface area (Å²) in [5.74, 6) is 1.06. The molecule has 0 saturated heterocycles. The van der Waals surface area contributed by atoms with Crippen LogP contribution in [0, 0.1) is 0 Å². The van der Waals surface area contributed by atoms with Crippen LogP contribution in [0.2, 0.25) is 0 Å². The summed E-state index contributed by atoms with van der Waals surface area (Å²) in [7, 11) is 3.34. The molecule has 0 fully saturated rings. The standard InChI is InChI=1S/C12H11N3O3/c1-15-6-10(13-7-15)12-14-9-5-8(18-16-2)3-4-11(9)17-12/h3-7H,1-2H3. The molecule has 0 amide bonds. The molecular weight excluding hydrogens is 234 g/mol. The first-order valence-electron chi connectivity index (χ1n) is 5.36. The molecule has 0 aliphatic rings. The van der Waals surface area contributed by atoms with Crippen molar-refractivity contribution in [3.8, 4) is 17.3 Å². The van der Waals surface area contributed by atoms with Crippen molar-refractivity contribution in [2.45, 2.75) is 0 Å². The van der Waals surface area contributed by atoms with E-state index >= 15 is 0 Å². The number of oxazole rings is 1. The van der Waals surface area contributed by atoms with Gasteiger partial charge in [-0.1, -0.05) is 0 Å². The number of hydrogen-bond acceptors (Lipinski definition) is 5. The molecule has 1 aromatic carbocycles. The van der Waals surface area contributed by atoms with Crippen LogP contribution in [-0.4, -0.2) is 21.6 Å². The van der Waals surface area contributed by atoms with E-state index in [1.54, 1.807) is 24.5 Å². The van der Waals surface area contributed by atoms with Crippen LogP contribution in [0.1, 0.15) is 0 Å². The van der Waals surface area contributed by atoms with E-state index in [1.807, 2.05) is 17.8 Å². The Morgan fingerprint density at radius 3 is 2.94 bits per heavy atom. The Bertz CT molecular complexity index is 687. The van der Waals surface area contributed by atoms with Crippen LogP contribution in [0.15, 0.2) is 35.1 Å². The number of rotatable bonds is 3. The van der Waals surface area contributed by atoms with Crippen molar-refractivity contribution >= 4 is 11.1 Å². The fourth-order valence-corrected chi connectivity index (χ4v) is 1.69. The Labute approximate surface area is 103 Å². The Morgan fingerprint density at radius 1 is 1.33 bits per heavy atom. The van der Waals surface area contributed by atoms with Crippen molar-refractivity contribution in [3.05, 3.63) is 30.7 Å². The first-order valence-corrected chi connectivity index (χ1v) is 5.36. The molecule has 2 heterocycles. The number of benzene rings is 1. The molecule has 18 heavy (non-hydrogen) atoms. The number of imidazole rings is 1. The first kappa shape index (κ1) is 10.8. The number of hydrogen-bond donors (Lipinski definition) is 0. The monoisotopic (exact) mass is 245 g/mol. The fourth-order valence-electron chi connectivity index (χ4n) is 1.69. The lowest BCUT2D eigenvalue weighted by atomic mass is 10.3. The molecule has 0 bridgehead atoms. The molecule has 6 heteroatoms. The second-order valence-electron chi connectivity index (χ2n) is 3.82. The molecule has 0 aliphatic heterocycles. The highest BCUT2D eigenvalue weighted by atomic mass is 17.2. The molecule has 0 spiro atoms. The largest absolute Gasteiger partial charge is 0.435 e. The predicted molar refractivity (Wildman–Crippen MR) is 63.8 cm³/mol. The number of aromatic nitrogens is 3. The summed E-state index contributed by atoms with van der Waals surface area (Å²) in [4.78, 5) is 18.1. The first-order chi connectivity index (χ1) is 8.76. The Morgan fingerprint density at radius 2 is 2.22 bits per heavy atom. The fraction of sp³-hybridized carbons (Fsp3) is 0.167. The van der Waals surface area contributed by atoms with Crippen molar-refractivity contribution in [2.24, 2.45) is 7.05 Å². The van der Waals surface area contributed by atoms with Gasteiger partial charge in [0.15, 0.2) is 11.3 Å². The lowest BCUT2D eigenvalue weighted by Gasteiger charge is -1.98. The molecule has 0 atom stereocenters. The third-order valence-electron chi connectivity index (χ3n) is 2.46. The van der Waals surface area contributed by atoms with Gasteiger partial charge in [-0.15, -0.1) is 0 Å². The van der Waals surface area contributed by atoms with E-state index in [9.17, 15) is 0 Å². The smallest absolute Gasteiger partial charge is 0.247 e. The van der Waals surface area contributed by atoms with Gasteiger partial charge in [0.2, 0.25) is 5.89 Å². The van der Waals surface area contributed by atoms with Gasteiger partial charge >= 0.3 is 0 Å². The summed E-state index contributed by atoms with van der Waals surface area (Å²) in [6.45, 7) is 0. The van der Waals surface area contributed by atoms with Crippen LogP contribution < -0.4 is 4.89 Å². The van der Waals surface area contributed by atoms with E-state index in [4.69, 9.17) is 9.30 Å². The van der Waals surface area contributed by atoms with Crippen LogP contribution in [0.5, 0.6) is 5.75 Å². The van der Waals surface area contributed by atoms with Crippen molar-refractivity contribution in [2.75, 3.05) is 7.11 Å². The second kappa shape index (κ2) is 4.15. The van der Waals surface area contributed by atoms with Crippen LogP contribution in [-0.2, 0) is 11.9 Å². The zero-order chi connectivity index (χ0) is 12.5. The molecule has 92 valence electrons. The maximum absolute atomic E-state index is 5.62. The van der Waals surface area contributed by atoms with E-state index in [0.717, 1.165) is 0 Å². The molecule has 0 saturated carbocycles. The summed E-state index contributed by atoms with van der Waals surface area (Å²) < 4.78 is 7.45. The van der Waals surface area contributed by atoms with Gasteiger partial charge in [0.25, 0.3) is 0 Å². The predicted octanol–water partition coefficient (Wildman–Crippen LogP) is 2.17. The van der Waals surface area contributed by atoms with Crippen molar-refractivity contribution < 1.29 is 14.2 Å². The van der Waals surface area contributed by atoms with E-state index in [2.05, 4.69) is 14.9 Å². The normalized spacial score (nSPS) is 11.0. The summed E-state index contributed by atoms with van der Waals surface area (Å²) in [6, 6.07) is 5.27. The molecule has 0 radical (unpaired) electrons. The Balaban J connectivity index is 2.05. The Hall–Kier alpha value is -2.34. The Kier molecular flexibility index (Phi) is 2.49. The lowest BCUT2D eigenvalue weighted by molar-refractivity contribution is -0.178. The molecule has 6 nitrogen and oxygen atoms in total. The SMILES string of the molecule is COOc1ccc2oc(-c3cn(C)cn3)nc2c1. The van der Waals surface area contributed by atoms with Gasteiger partial charge in [0.05, 0.1) is 13.4 Å². The molecule has 2 aromatic heterocycles. The lowest BCUT2D eigenvalue weighted by Crippen LogP contribution is -1.89. The van der Waals surface area contributed by atoms with Crippen molar-refractivity contribution in [1.82, 2.24) is 14.5 Å². The highest BCUT2D eigenvalue weighted by molar-refractivity contribution is 5.77. The summed E-state index contributed by atoms with van der Waals surface area (Å²) >= 11 is 0. The van der Waals surface area contributed by atoms with Gasteiger partial charge in [-0.05, 0) is 12.1 Å². The van der Waals surface area contributed by atoms with Crippen LogP contribution in [0.3, 0.4) is 0 Å². The number of aryl methyl sites for hydroxylation is 1. The highest BCUT2D eigenvalue weighted by Crippen LogP contribution is 2.25. The maximum atomic E-state index is 5.62. The van der Waals surface area contributed by atoms with Crippen LogP contribution in [0.4, 0.5) is 0 Å². The third-order valence-corrected chi connectivity index (χ3v) is 2.46. The average molecular weight is 245 g/mol. The molecule has 0 N–H and O–H groups in total. The van der Waals surface area contributed by atoms with Crippen LogP contribution in [0.25, 0.3) is 22.7 Å².